The summed E-state index contributed by atoms with van der Waals surface area (Å²) in [5, 5.41) is 12.1. The number of fused-ring (bicyclic) bond motifs is 1. The molecule has 6 rings (SSSR count). The summed E-state index contributed by atoms with van der Waals surface area (Å²) in [4.78, 5) is 23.1. The maximum Gasteiger partial charge on any atom is 0.337 e. The third kappa shape index (κ3) is 5.65. The zero-order chi connectivity index (χ0) is 31.2. The second-order valence-corrected chi connectivity index (χ2v) is 13.2. The van der Waals surface area contributed by atoms with Crippen LogP contribution in [0.4, 0.5) is 0 Å². The van der Waals surface area contributed by atoms with Crippen molar-refractivity contribution in [3.05, 3.63) is 89.1 Å². The molecule has 44 heavy (non-hydrogen) atoms. The summed E-state index contributed by atoms with van der Waals surface area (Å²) in [5.74, 6) is 0.0819. The Morgan fingerprint density at radius 3 is 2.66 bits per heavy atom. The number of aliphatic carboxylic acids is 1. The first kappa shape index (κ1) is 29.7. The fourth-order valence-corrected chi connectivity index (χ4v) is 6.62. The number of hydrogen-bond acceptors (Lipinski definition) is 7. The predicted molar refractivity (Wildman–Crippen MR) is 171 cm³/mol. The summed E-state index contributed by atoms with van der Waals surface area (Å²) in [6.45, 7) is 8.21. The lowest BCUT2D eigenvalue weighted by Gasteiger charge is -2.29. The minimum absolute atomic E-state index is 0.206. The van der Waals surface area contributed by atoms with E-state index in [4.69, 9.17) is 24.2 Å². The van der Waals surface area contributed by atoms with Gasteiger partial charge in [-0.1, -0.05) is 18.2 Å². The maximum absolute atomic E-state index is 12.8. The lowest BCUT2D eigenvalue weighted by atomic mass is 9.86. The van der Waals surface area contributed by atoms with Crippen LogP contribution in [0.2, 0.25) is 0 Å². The number of rotatable bonds is 8. The van der Waals surface area contributed by atoms with Crippen LogP contribution < -0.4 is 9.47 Å². The molecule has 0 radical (unpaired) electrons. The number of ether oxygens (including phenoxy) is 3. The van der Waals surface area contributed by atoms with Crippen molar-refractivity contribution in [1.29, 1.82) is 0 Å². The summed E-state index contributed by atoms with van der Waals surface area (Å²) in [6, 6.07) is 18.9. The highest BCUT2D eigenvalue weighted by atomic mass is 32.2. The van der Waals surface area contributed by atoms with Crippen molar-refractivity contribution in [3.8, 4) is 22.8 Å². The highest BCUT2D eigenvalue weighted by Gasteiger charge is 2.33. The van der Waals surface area contributed by atoms with Gasteiger partial charge in [0, 0.05) is 57.3 Å². The van der Waals surface area contributed by atoms with Gasteiger partial charge >= 0.3 is 5.97 Å². The molecule has 2 atom stereocenters. The molecule has 9 heteroatoms. The smallest absolute Gasteiger partial charge is 0.337 e. The zero-order valence-electron chi connectivity index (χ0n) is 25.3. The van der Waals surface area contributed by atoms with Crippen molar-refractivity contribution in [2.24, 2.45) is 0 Å². The summed E-state index contributed by atoms with van der Waals surface area (Å²) in [6.07, 6.45) is 2.96. The normalized spacial score (nSPS) is 14.3. The summed E-state index contributed by atoms with van der Waals surface area (Å²) < 4.78 is 30.5. The van der Waals surface area contributed by atoms with Crippen LogP contribution in [0.25, 0.3) is 32.9 Å². The Bertz CT molecular complexity index is 1940. The van der Waals surface area contributed by atoms with E-state index >= 15 is 0 Å². The Morgan fingerprint density at radius 2 is 1.91 bits per heavy atom. The van der Waals surface area contributed by atoms with Crippen LogP contribution >= 0.6 is 0 Å². The number of carbonyl (C=O) groups is 1. The van der Waals surface area contributed by atoms with Crippen LogP contribution in [0.15, 0.2) is 71.8 Å². The van der Waals surface area contributed by atoms with Gasteiger partial charge < -0.3 is 19.3 Å². The van der Waals surface area contributed by atoms with Gasteiger partial charge in [0.15, 0.2) is 6.10 Å². The van der Waals surface area contributed by atoms with E-state index in [1.807, 2.05) is 82.3 Å². The van der Waals surface area contributed by atoms with E-state index < -0.39 is 28.5 Å². The average Bonchev–Trinajstić information content (AvgIpc) is 2.98. The van der Waals surface area contributed by atoms with E-state index in [0.717, 1.165) is 50.7 Å². The van der Waals surface area contributed by atoms with Gasteiger partial charge in [-0.05, 0) is 80.8 Å². The molecule has 0 spiro atoms. The molecular formula is C35H34N2O6S. The largest absolute Gasteiger partial charge is 0.493 e. The van der Waals surface area contributed by atoms with Crippen LogP contribution in [0.3, 0.4) is 0 Å². The first-order chi connectivity index (χ1) is 21.0. The molecule has 3 heterocycles. The second kappa shape index (κ2) is 11.6. The minimum Gasteiger partial charge on any atom is -0.493 e. The predicted octanol–water partition coefficient (Wildman–Crippen LogP) is 6.95. The van der Waals surface area contributed by atoms with E-state index in [2.05, 4.69) is 0 Å². The third-order valence-electron chi connectivity index (χ3n) is 7.67. The quantitative estimate of drug-likeness (QED) is 0.201. The molecule has 5 aromatic rings. The summed E-state index contributed by atoms with van der Waals surface area (Å²) in [5.41, 5.74) is 5.36. The van der Waals surface area contributed by atoms with E-state index in [-0.39, 0.29) is 6.61 Å². The number of carboxylic acid groups (broad SMARTS) is 1. The zero-order valence-corrected chi connectivity index (χ0v) is 26.2. The van der Waals surface area contributed by atoms with Gasteiger partial charge in [-0.2, -0.15) is 0 Å². The molecule has 3 aromatic carbocycles. The summed E-state index contributed by atoms with van der Waals surface area (Å²) >= 11 is 0. The van der Waals surface area contributed by atoms with Crippen LogP contribution in [0.5, 0.6) is 11.6 Å². The number of hydrogen-bond donors (Lipinski definition) is 1. The molecule has 0 saturated heterocycles. The van der Waals surface area contributed by atoms with E-state index in [0.29, 0.717) is 34.0 Å². The molecule has 0 bridgehead atoms. The molecule has 0 aliphatic carbocycles. The molecule has 8 nitrogen and oxygen atoms in total. The van der Waals surface area contributed by atoms with Gasteiger partial charge in [-0.25, -0.2) is 9.78 Å². The Labute approximate surface area is 258 Å². The molecule has 2 aromatic heterocycles. The number of aromatic nitrogens is 2. The van der Waals surface area contributed by atoms with Crippen molar-refractivity contribution < 1.29 is 28.3 Å². The Morgan fingerprint density at radius 1 is 1.11 bits per heavy atom. The van der Waals surface area contributed by atoms with Crippen LogP contribution in [-0.2, 0) is 33.4 Å². The number of benzene rings is 3. The van der Waals surface area contributed by atoms with E-state index in [1.165, 1.54) is 0 Å². The molecule has 2 unspecified atom stereocenters. The highest BCUT2D eigenvalue weighted by molar-refractivity contribution is 7.84. The SMILES string of the molecule is Cc1cc2nc(OCc3ccccc3S(C)=O)ccc2c(-c2ccc3c4c(ccnc24)CCO3)c1C(OC(C)(C)C)C(=O)O. The standard InChI is InChI=1S/C35H34N2O6S/c1-20-18-25-23(11-13-28(37-25)42-19-22-8-6-7-9-27(22)44(5)40)31(29(20)33(34(38)39)43-35(2,3)4)24-10-12-26-30-21(15-17-41-26)14-16-36-32(24)30/h6-14,16,18,33H,15,17,19H2,1-5H3,(H,38,39). The van der Waals surface area contributed by atoms with Gasteiger partial charge in [0.25, 0.3) is 0 Å². The van der Waals surface area contributed by atoms with Gasteiger partial charge in [0.05, 0.1) is 34.0 Å². The Balaban J connectivity index is 1.56. The molecule has 1 aliphatic heterocycles. The van der Waals surface area contributed by atoms with E-state index in [1.54, 1.807) is 18.5 Å². The fraction of sp³-hybridized carbons (Fsp3) is 0.286. The fourth-order valence-electron chi connectivity index (χ4n) is 5.86. The highest BCUT2D eigenvalue weighted by Crippen LogP contribution is 2.45. The molecule has 1 aliphatic rings. The molecule has 0 amide bonds. The summed E-state index contributed by atoms with van der Waals surface area (Å²) in [7, 11) is -1.15. The Hall–Kier alpha value is -4.34. The van der Waals surface area contributed by atoms with Crippen molar-refractivity contribution in [2.75, 3.05) is 12.9 Å². The van der Waals surface area contributed by atoms with Crippen LogP contribution in [-0.4, -0.2) is 43.7 Å². The van der Waals surface area contributed by atoms with Crippen molar-refractivity contribution >= 4 is 38.6 Å². The Kier molecular flexibility index (Phi) is 7.86. The van der Waals surface area contributed by atoms with Crippen LogP contribution in [0.1, 0.15) is 49.1 Å². The number of aryl methyl sites for hydroxylation is 1. The van der Waals surface area contributed by atoms with Crippen molar-refractivity contribution in [2.45, 2.75) is 57.3 Å². The number of carboxylic acids is 1. The van der Waals surface area contributed by atoms with Gasteiger partial charge in [-0.15, -0.1) is 0 Å². The topological polar surface area (TPSA) is 108 Å². The molecular weight excluding hydrogens is 576 g/mol. The van der Waals surface area contributed by atoms with Crippen molar-refractivity contribution in [1.82, 2.24) is 9.97 Å². The van der Waals surface area contributed by atoms with Gasteiger partial charge in [-0.3, -0.25) is 9.19 Å². The number of pyridine rings is 2. The van der Waals surface area contributed by atoms with Crippen molar-refractivity contribution in [3.63, 3.8) is 0 Å². The first-order valence-electron chi connectivity index (χ1n) is 14.4. The third-order valence-corrected chi connectivity index (χ3v) is 8.69. The number of nitrogens with zero attached hydrogens (tertiary/aromatic N) is 2. The molecule has 0 saturated carbocycles. The minimum atomic E-state index is -1.24. The maximum atomic E-state index is 12.8. The molecule has 226 valence electrons. The lowest BCUT2D eigenvalue weighted by molar-refractivity contribution is -0.160. The molecule has 0 fully saturated rings. The van der Waals surface area contributed by atoms with Crippen LogP contribution in [0, 0.1) is 6.92 Å². The molecule has 1 N–H and O–H groups in total. The second-order valence-electron chi connectivity index (χ2n) is 11.9. The van der Waals surface area contributed by atoms with Gasteiger partial charge in [0.1, 0.15) is 12.4 Å². The first-order valence-corrected chi connectivity index (χ1v) is 16.0. The monoisotopic (exact) mass is 610 g/mol. The average molecular weight is 611 g/mol. The lowest BCUT2D eigenvalue weighted by Crippen LogP contribution is -2.28. The van der Waals surface area contributed by atoms with Gasteiger partial charge in [0.2, 0.25) is 5.88 Å². The van der Waals surface area contributed by atoms with E-state index in [9.17, 15) is 14.1 Å².